The predicted octanol–water partition coefficient (Wildman–Crippen LogP) is 3.16. The summed E-state index contributed by atoms with van der Waals surface area (Å²) in [7, 11) is -3.34. The van der Waals surface area contributed by atoms with E-state index in [0.717, 1.165) is 24.3 Å². The number of halogens is 4. The number of rotatable bonds is 6. The van der Waals surface area contributed by atoms with E-state index >= 15 is 0 Å². The molecule has 0 unspecified atom stereocenters. The Morgan fingerprint density at radius 2 is 1.87 bits per heavy atom. The minimum atomic E-state index is -4.74. The van der Waals surface area contributed by atoms with Crippen LogP contribution >= 0.6 is 0 Å². The SMILES string of the molecule is COc1ccc(S(=O)(=O)NC2(C(F)(F)F)CC2)cc1C(=O)Nc1ccc(F)c(C)n1. The molecule has 1 fully saturated rings. The molecule has 7 nitrogen and oxygen atoms in total. The van der Waals surface area contributed by atoms with Crippen LogP contribution in [0.25, 0.3) is 0 Å². The molecule has 0 radical (unpaired) electrons. The van der Waals surface area contributed by atoms with Crippen molar-refractivity contribution in [3.8, 4) is 5.75 Å². The number of aryl methyl sites for hydroxylation is 1. The number of nitrogens with one attached hydrogen (secondary N) is 2. The van der Waals surface area contributed by atoms with Crippen LogP contribution < -0.4 is 14.8 Å². The highest BCUT2D eigenvalue weighted by Crippen LogP contribution is 2.49. The number of pyridine rings is 1. The molecule has 1 aliphatic rings. The quantitative estimate of drug-likeness (QED) is 0.663. The van der Waals surface area contributed by atoms with Crippen LogP contribution in [-0.4, -0.2) is 38.1 Å². The highest BCUT2D eigenvalue weighted by Gasteiger charge is 2.65. The van der Waals surface area contributed by atoms with Crippen molar-refractivity contribution in [3.05, 3.63) is 47.4 Å². The van der Waals surface area contributed by atoms with E-state index in [9.17, 15) is 30.8 Å². The molecular formula is C18H17F4N3O4S. The molecule has 3 rings (SSSR count). The van der Waals surface area contributed by atoms with E-state index in [-0.39, 0.29) is 35.7 Å². The fourth-order valence-electron chi connectivity index (χ4n) is 2.71. The smallest absolute Gasteiger partial charge is 0.407 e. The van der Waals surface area contributed by atoms with Crippen molar-refractivity contribution in [2.24, 2.45) is 0 Å². The number of aromatic nitrogens is 1. The highest BCUT2D eigenvalue weighted by molar-refractivity contribution is 7.89. The third kappa shape index (κ3) is 4.24. The van der Waals surface area contributed by atoms with E-state index in [1.165, 1.54) is 20.1 Å². The van der Waals surface area contributed by atoms with Crippen molar-refractivity contribution in [1.82, 2.24) is 9.71 Å². The van der Waals surface area contributed by atoms with Gasteiger partial charge in [-0.1, -0.05) is 0 Å². The molecule has 1 heterocycles. The lowest BCUT2D eigenvalue weighted by molar-refractivity contribution is -0.160. The Balaban J connectivity index is 1.91. The number of alkyl halides is 3. The first-order valence-electron chi connectivity index (χ1n) is 8.62. The average molecular weight is 447 g/mol. The van der Waals surface area contributed by atoms with Crippen LogP contribution in [-0.2, 0) is 10.0 Å². The summed E-state index contributed by atoms with van der Waals surface area (Å²) < 4.78 is 84.5. The van der Waals surface area contributed by atoms with Gasteiger partial charge in [-0.3, -0.25) is 4.79 Å². The Hall–Kier alpha value is -2.73. The predicted molar refractivity (Wildman–Crippen MR) is 98.2 cm³/mol. The number of hydrogen-bond acceptors (Lipinski definition) is 5. The van der Waals surface area contributed by atoms with E-state index in [0.29, 0.717) is 0 Å². The summed E-state index contributed by atoms with van der Waals surface area (Å²) in [6.45, 7) is 1.39. The first kappa shape index (κ1) is 22.0. The summed E-state index contributed by atoms with van der Waals surface area (Å²) in [4.78, 5) is 15.9. The average Bonchev–Trinajstić information content (AvgIpc) is 3.44. The van der Waals surface area contributed by atoms with Gasteiger partial charge in [-0.25, -0.2) is 17.8 Å². The number of anilines is 1. The summed E-state index contributed by atoms with van der Waals surface area (Å²) in [6, 6.07) is 5.38. The van der Waals surface area contributed by atoms with Gasteiger partial charge in [0.25, 0.3) is 5.91 Å². The zero-order valence-corrected chi connectivity index (χ0v) is 16.6. The molecule has 12 heteroatoms. The van der Waals surface area contributed by atoms with Crippen molar-refractivity contribution < 1.29 is 35.5 Å². The van der Waals surface area contributed by atoms with Crippen molar-refractivity contribution >= 4 is 21.7 Å². The monoisotopic (exact) mass is 447 g/mol. The maximum atomic E-state index is 13.3. The van der Waals surface area contributed by atoms with Gasteiger partial charge < -0.3 is 10.1 Å². The minimum Gasteiger partial charge on any atom is -0.496 e. The van der Waals surface area contributed by atoms with Crippen molar-refractivity contribution in [2.45, 2.75) is 36.4 Å². The molecule has 162 valence electrons. The van der Waals surface area contributed by atoms with Gasteiger partial charge in [0.1, 0.15) is 22.9 Å². The molecule has 0 spiro atoms. The van der Waals surface area contributed by atoms with Gasteiger partial charge in [-0.2, -0.15) is 17.9 Å². The second-order valence-electron chi connectivity index (χ2n) is 6.77. The van der Waals surface area contributed by atoms with Crippen molar-refractivity contribution in [1.29, 1.82) is 0 Å². The number of sulfonamides is 1. The van der Waals surface area contributed by atoms with Crippen molar-refractivity contribution in [3.63, 3.8) is 0 Å². The van der Waals surface area contributed by atoms with Crippen LogP contribution in [0.5, 0.6) is 5.75 Å². The second kappa shape index (κ2) is 7.51. The molecule has 1 aromatic carbocycles. The maximum Gasteiger partial charge on any atom is 0.407 e. The Kier molecular flexibility index (Phi) is 5.50. The van der Waals surface area contributed by atoms with Crippen LogP contribution in [0.2, 0.25) is 0 Å². The Bertz CT molecular complexity index is 1100. The molecule has 1 aliphatic carbocycles. The van der Waals surface area contributed by atoms with Gasteiger partial charge in [0.2, 0.25) is 10.0 Å². The first-order valence-corrected chi connectivity index (χ1v) is 10.1. The van der Waals surface area contributed by atoms with Crippen LogP contribution in [0.15, 0.2) is 35.2 Å². The molecule has 0 bridgehead atoms. The maximum absolute atomic E-state index is 13.3. The lowest BCUT2D eigenvalue weighted by Gasteiger charge is -2.21. The molecule has 1 aromatic heterocycles. The lowest BCUT2D eigenvalue weighted by Crippen LogP contribution is -2.47. The molecule has 0 aliphatic heterocycles. The largest absolute Gasteiger partial charge is 0.496 e. The number of hydrogen-bond donors (Lipinski definition) is 2. The van der Waals surface area contributed by atoms with E-state index < -0.39 is 38.4 Å². The Morgan fingerprint density at radius 3 is 2.40 bits per heavy atom. The topological polar surface area (TPSA) is 97.4 Å². The summed E-state index contributed by atoms with van der Waals surface area (Å²) in [5.74, 6) is -1.42. The van der Waals surface area contributed by atoms with Gasteiger partial charge in [0, 0.05) is 0 Å². The van der Waals surface area contributed by atoms with Gasteiger partial charge in [0.05, 0.1) is 23.3 Å². The molecule has 0 atom stereocenters. The van der Waals surface area contributed by atoms with Crippen LogP contribution in [0.3, 0.4) is 0 Å². The van der Waals surface area contributed by atoms with Gasteiger partial charge in [-0.15, -0.1) is 0 Å². The zero-order valence-electron chi connectivity index (χ0n) is 15.8. The number of amides is 1. The summed E-state index contributed by atoms with van der Waals surface area (Å²) in [6.07, 6.45) is -5.47. The number of ether oxygens (including phenoxy) is 1. The zero-order chi connectivity index (χ0) is 22.3. The molecule has 2 N–H and O–H groups in total. The fraction of sp³-hybridized carbons (Fsp3) is 0.333. The summed E-state index contributed by atoms with van der Waals surface area (Å²) in [5.41, 5.74) is -2.72. The summed E-state index contributed by atoms with van der Waals surface area (Å²) >= 11 is 0. The third-order valence-corrected chi connectivity index (χ3v) is 6.15. The van der Waals surface area contributed by atoms with E-state index in [1.807, 2.05) is 0 Å². The summed E-state index contributed by atoms with van der Waals surface area (Å²) in [5, 5.41) is 2.37. The first-order chi connectivity index (χ1) is 13.9. The van der Waals surface area contributed by atoms with Crippen LogP contribution in [0.1, 0.15) is 28.9 Å². The van der Waals surface area contributed by atoms with Gasteiger partial charge in [-0.05, 0) is 50.1 Å². The Morgan fingerprint density at radius 1 is 1.20 bits per heavy atom. The second-order valence-corrected chi connectivity index (χ2v) is 8.45. The third-order valence-electron chi connectivity index (χ3n) is 4.61. The van der Waals surface area contributed by atoms with Gasteiger partial charge >= 0.3 is 6.18 Å². The number of carbonyl (C=O) groups excluding carboxylic acids is 1. The number of nitrogens with zero attached hydrogens (tertiary/aromatic N) is 1. The van der Waals surface area contributed by atoms with Crippen molar-refractivity contribution in [2.75, 3.05) is 12.4 Å². The van der Waals surface area contributed by atoms with Crippen LogP contribution in [0, 0.1) is 12.7 Å². The van der Waals surface area contributed by atoms with E-state index in [4.69, 9.17) is 4.74 Å². The molecule has 30 heavy (non-hydrogen) atoms. The Labute approximate surface area is 169 Å². The minimum absolute atomic E-state index is 0.00124. The highest BCUT2D eigenvalue weighted by atomic mass is 32.2. The molecular weight excluding hydrogens is 430 g/mol. The normalized spacial score (nSPS) is 15.5. The van der Waals surface area contributed by atoms with Gasteiger partial charge in [0.15, 0.2) is 0 Å². The van der Waals surface area contributed by atoms with E-state index in [1.54, 1.807) is 4.72 Å². The number of benzene rings is 1. The molecule has 2 aromatic rings. The number of carbonyl (C=O) groups is 1. The molecule has 1 saturated carbocycles. The molecule has 1 amide bonds. The van der Waals surface area contributed by atoms with E-state index in [2.05, 4.69) is 10.3 Å². The fourth-order valence-corrected chi connectivity index (χ4v) is 4.19. The standard InChI is InChI=1S/C18H17F4N3O4S/c1-10-13(19)4-6-15(23-10)24-16(26)12-9-11(3-5-14(12)29-2)30(27,28)25-17(7-8-17)18(20,21)22/h3-6,9,25H,7-8H2,1-2H3,(H,23,24,26). The number of methoxy groups -OCH3 is 1. The molecule has 0 saturated heterocycles. The lowest BCUT2D eigenvalue weighted by atomic mass is 10.2. The van der Waals surface area contributed by atoms with Crippen LogP contribution in [0.4, 0.5) is 23.4 Å².